The van der Waals surface area contributed by atoms with E-state index in [9.17, 15) is 14.7 Å². The van der Waals surface area contributed by atoms with E-state index in [0.717, 1.165) is 37.3 Å². The molecule has 10 heteroatoms. The molecule has 1 amide bonds. The lowest BCUT2D eigenvalue weighted by molar-refractivity contribution is 0.101. The van der Waals surface area contributed by atoms with Gasteiger partial charge < -0.3 is 25.2 Å². The number of nitrogens with one attached hydrogen (secondary N) is 2. The molecule has 1 fully saturated rings. The Morgan fingerprint density at radius 1 is 1.00 bits per heavy atom. The number of likely N-dealkylation sites (N-methyl/N-ethyl adjacent to an activating group) is 1. The zero-order chi connectivity index (χ0) is 29.9. The Balaban J connectivity index is 1.17. The number of anilines is 2. The lowest BCUT2D eigenvalue weighted by Gasteiger charge is -2.34. The Labute approximate surface area is 249 Å². The molecule has 1 saturated heterocycles. The average molecular weight is 576 g/mol. The molecule has 218 valence electrons. The molecular formula is C33H33N7O3. The number of ketones is 1. The standard InChI is InChI=1S/C33H33N7O3/c1-3-40-30(13-14-35-40)33(43)36-25-6-4-5-22(19-25)31(41)23-7-12-27-28(32(42)37-29(27)20-23)21-34-24-8-10-26(11-9-24)39-17-15-38(2)16-18-39/h4-14,19-21,37,42H,3,15-18H2,1-2H3,(H,36,43). The number of carbonyl (C=O) groups is 2. The molecule has 2 aromatic heterocycles. The summed E-state index contributed by atoms with van der Waals surface area (Å²) in [5.41, 5.74) is 4.95. The molecule has 0 bridgehead atoms. The van der Waals surface area contributed by atoms with E-state index in [1.807, 2.05) is 19.1 Å². The van der Waals surface area contributed by atoms with E-state index in [1.165, 1.54) is 5.69 Å². The van der Waals surface area contributed by atoms with Gasteiger partial charge in [-0.2, -0.15) is 5.10 Å². The van der Waals surface area contributed by atoms with Crippen LogP contribution in [0.25, 0.3) is 10.9 Å². The number of amides is 1. The summed E-state index contributed by atoms with van der Waals surface area (Å²) < 4.78 is 1.61. The van der Waals surface area contributed by atoms with Crippen molar-refractivity contribution in [3.8, 4) is 5.88 Å². The molecule has 0 unspecified atom stereocenters. The molecule has 5 aromatic rings. The number of hydrogen-bond acceptors (Lipinski definition) is 7. The quantitative estimate of drug-likeness (QED) is 0.176. The zero-order valence-electron chi connectivity index (χ0n) is 24.1. The second kappa shape index (κ2) is 11.9. The largest absolute Gasteiger partial charge is 0.494 e. The fourth-order valence-electron chi connectivity index (χ4n) is 5.31. The monoisotopic (exact) mass is 575 g/mol. The van der Waals surface area contributed by atoms with Gasteiger partial charge in [-0.1, -0.05) is 24.3 Å². The van der Waals surface area contributed by atoms with E-state index in [1.54, 1.807) is 65.6 Å². The molecule has 1 aliphatic rings. The van der Waals surface area contributed by atoms with E-state index in [-0.39, 0.29) is 17.6 Å². The molecule has 1 aliphatic heterocycles. The highest BCUT2D eigenvalue weighted by molar-refractivity contribution is 6.13. The fourth-order valence-corrected chi connectivity index (χ4v) is 5.31. The number of fused-ring (bicyclic) bond motifs is 1. The van der Waals surface area contributed by atoms with Crippen LogP contribution in [0.1, 0.15) is 38.9 Å². The number of piperazine rings is 1. The maximum atomic E-state index is 13.4. The molecule has 3 aromatic carbocycles. The minimum atomic E-state index is -0.299. The number of rotatable bonds is 8. The van der Waals surface area contributed by atoms with Crippen molar-refractivity contribution in [3.05, 3.63) is 101 Å². The third kappa shape index (κ3) is 5.91. The smallest absolute Gasteiger partial charge is 0.273 e. The van der Waals surface area contributed by atoms with Gasteiger partial charge in [-0.15, -0.1) is 0 Å². The first kappa shape index (κ1) is 27.9. The van der Waals surface area contributed by atoms with Crippen LogP contribution in [0.15, 0.2) is 84.0 Å². The highest BCUT2D eigenvalue weighted by atomic mass is 16.3. The summed E-state index contributed by atoms with van der Waals surface area (Å²) in [6, 6.07) is 21.8. The zero-order valence-corrected chi connectivity index (χ0v) is 24.1. The second-order valence-electron chi connectivity index (χ2n) is 10.6. The Hall–Kier alpha value is -5.22. The minimum Gasteiger partial charge on any atom is -0.494 e. The molecule has 0 atom stereocenters. The van der Waals surface area contributed by atoms with Crippen molar-refractivity contribution >= 4 is 45.9 Å². The van der Waals surface area contributed by atoms with Gasteiger partial charge in [0.1, 0.15) is 5.69 Å². The highest BCUT2D eigenvalue weighted by Crippen LogP contribution is 2.29. The summed E-state index contributed by atoms with van der Waals surface area (Å²) in [6.07, 6.45) is 3.22. The molecule has 3 N–H and O–H groups in total. The summed E-state index contributed by atoms with van der Waals surface area (Å²) in [5, 5.41) is 18.4. The Morgan fingerprint density at radius 3 is 2.53 bits per heavy atom. The number of H-pyrrole nitrogens is 1. The van der Waals surface area contributed by atoms with Crippen LogP contribution >= 0.6 is 0 Å². The van der Waals surface area contributed by atoms with Crippen molar-refractivity contribution in [3.63, 3.8) is 0 Å². The van der Waals surface area contributed by atoms with Crippen LogP contribution in [0.2, 0.25) is 0 Å². The molecule has 6 rings (SSSR count). The third-order valence-electron chi connectivity index (χ3n) is 7.77. The molecule has 0 radical (unpaired) electrons. The van der Waals surface area contributed by atoms with Crippen LogP contribution in [0.4, 0.5) is 17.1 Å². The number of aromatic amines is 1. The topological polar surface area (TPSA) is 119 Å². The number of aromatic nitrogens is 3. The van der Waals surface area contributed by atoms with Gasteiger partial charge in [-0.05, 0) is 62.5 Å². The number of nitrogens with zero attached hydrogens (tertiary/aromatic N) is 5. The maximum absolute atomic E-state index is 13.4. The van der Waals surface area contributed by atoms with E-state index in [0.29, 0.717) is 40.1 Å². The van der Waals surface area contributed by atoms with Gasteiger partial charge in [-0.25, -0.2) is 0 Å². The van der Waals surface area contributed by atoms with Crippen LogP contribution in [0.3, 0.4) is 0 Å². The SMILES string of the molecule is CCn1nccc1C(=O)Nc1cccc(C(=O)c2ccc3c(C=Nc4ccc(N5CCN(C)CC5)cc4)c(O)[nH]c3c2)c1. The molecule has 0 saturated carbocycles. The average Bonchev–Trinajstić information content (AvgIpc) is 3.64. The number of aromatic hydroxyl groups is 1. The highest BCUT2D eigenvalue weighted by Gasteiger charge is 2.17. The normalized spacial score (nSPS) is 14.0. The first-order chi connectivity index (χ1) is 20.9. The number of carbonyl (C=O) groups excluding carboxylic acids is 2. The summed E-state index contributed by atoms with van der Waals surface area (Å²) in [6.45, 7) is 6.58. The van der Waals surface area contributed by atoms with Crippen molar-refractivity contribution < 1.29 is 14.7 Å². The van der Waals surface area contributed by atoms with Gasteiger partial charge in [0.05, 0.1) is 11.3 Å². The number of hydrogen-bond donors (Lipinski definition) is 3. The summed E-state index contributed by atoms with van der Waals surface area (Å²) in [4.78, 5) is 38.4. The van der Waals surface area contributed by atoms with Gasteiger partial charge in [-0.3, -0.25) is 19.3 Å². The number of aliphatic imine (C=N–C) groups is 1. The van der Waals surface area contributed by atoms with E-state index in [2.05, 4.69) is 49.4 Å². The number of benzene rings is 3. The van der Waals surface area contributed by atoms with Crippen molar-refractivity contribution in [1.29, 1.82) is 0 Å². The summed E-state index contributed by atoms with van der Waals surface area (Å²) >= 11 is 0. The van der Waals surface area contributed by atoms with Crippen LogP contribution in [0, 0.1) is 0 Å². The first-order valence-electron chi connectivity index (χ1n) is 14.3. The first-order valence-corrected chi connectivity index (χ1v) is 14.3. The van der Waals surface area contributed by atoms with Gasteiger partial charge in [0.15, 0.2) is 11.7 Å². The van der Waals surface area contributed by atoms with Gasteiger partial charge in [0.25, 0.3) is 5.91 Å². The lowest BCUT2D eigenvalue weighted by Crippen LogP contribution is -2.44. The Bertz CT molecular complexity index is 1810. The molecule has 0 aliphatic carbocycles. The number of aryl methyl sites for hydroxylation is 1. The van der Waals surface area contributed by atoms with Crippen LogP contribution in [-0.2, 0) is 6.54 Å². The van der Waals surface area contributed by atoms with E-state index in [4.69, 9.17) is 0 Å². The van der Waals surface area contributed by atoms with Crippen LogP contribution in [-0.4, -0.2) is 75.9 Å². The summed E-state index contributed by atoms with van der Waals surface area (Å²) in [7, 11) is 2.14. The van der Waals surface area contributed by atoms with E-state index >= 15 is 0 Å². The van der Waals surface area contributed by atoms with Crippen molar-refractivity contribution in [1.82, 2.24) is 19.7 Å². The maximum Gasteiger partial charge on any atom is 0.273 e. The minimum absolute atomic E-state index is 0.0200. The second-order valence-corrected chi connectivity index (χ2v) is 10.6. The van der Waals surface area contributed by atoms with Gasteiger partial charge >= 0.3 is 0 Å². The molecule has 43 heavy (non-hydrogen) atoms. The van der Waals surface area contributed by atoms with Crippen molar-refractivity contribution in [2.24, 2.45) is 4.99 Å². The Kier molecular flexibility index (Phi) is 7.76. The Morgan fingerprint density at radius 2 is 1.77 bits per heavy atom. The van der Waals surface area contributed by atoms with Crippen molar-refractivity contribution in [2.75, 3.05) is 43.4 Å². The van der Waals surface area contributed by atoms with Crippen LogP contribution < -0.4 is 10.2 Å². The van der Waals surface area contributed by atoms with Gasteiger partial charge in [0.2, 0.25) is 0 Å². The summed E-state index contributed by atoms with van der Waals surface area (Å²) in [5.74, 6) is -0.526. The van der Waals surface area contributed by atoms with Crippen molar-refractivity contribution in [2.45, 2.75) is 13.5 Å². The molecular weight excluding hydrogens is 542 g/mol. The molecule has 0 spiro atoms. The molecule has 3 heterocycles. The van der Waals surface area contributed by atoms with Gasteiger partial charge in [0, 0.05) is 78.5 Å². The lowest BCUT2D eigenvalue weighted by atomic mass is 10.0. The third-order valence-corrected chi connectivity index (χ3v) is 7.77. The predicted molar refractivity (Wildman–Crippen MR) is 169 cm³/mol. The van der Waals surface area contributed by atoms with Crippen LogP contribution in [0.5, 0.6) is 5.88 Å². The van der Waals surface area contributed by atoms with E-state index < -0.39 is 0 Å². The fraction of sp³-hybridized carbons (Fsp3) is 0.212. The predicted octanol–water partition coefficient (Wildman–Crippen LogP) is 5.08. The molecule has 10 nitrogen and oxygen atoms in total.